The molecule has 0 aliphatic carbocycles. The number of carbonyl (C=O) groups excluding carboxylic acids is 1. The molecular weight excluding hydrogens is 354 g/mol. The highest BCUT2D eigenvalue weighted by Crippen LogP contribution is 2.25. The van der Waals surface area contributed by atoms with Crippen LogP contribution in [0.4, 0.5) is 5.69 Å². The lowest BCUT2D eigenvalue weighted by molar-refractivity contribution is -0.115. The minimum Gasteiger partial charge on any atom is -0.489 e. The molecule has 1 aromatic heterocycles. The maximum absolute atomic E-state index is 12.2. The standard InChI is InChI=1S/C18H17N3O2S2/c1-13(25-18-21-19-12-24-18)17(22)20-15-7-9-16(10-8-15)23-11-14-5-3-2-4-6-14/h2-10,12-13H,11H2,1H3,(H,20,22)/t13-/m0/s1. The summed E-state index contributed by atoms with van der Waals surface area (Å²) in [6, 6.07) is 17.3. The minimum atomic E-state index is -0.248. The number of amides is 1. The van der Waals surface area contributed by atoms with Crippen molar-refractivity contribution in [1.82, 2.24) is 10.2 Å². The highest BCUT2D eigenvalue weighted by Gasteiger charge is 2.16. The molecule has 0 unspecified atom stereocenters. The molecule has 128 valence electrons. The predicted octanol–water partition coefficient (Wildman–Crippen LogP) is 4.24. The van der Waals surface area contributed by atoms with Gasteiger partial charge in [0.25, 0.3) is 0 Å². The Hall–Kier alpha value is -2.38. The quantitative estimate of drug-likeness (QED) is 0.630. The van der Waals surface area contributed by atoms with Gasteiger partial charge in [0, 0.05) is 5.69 Å². The van der Waals surface area contributed by atoms with Crippen LogP contribution in [0.1, 0.15) is 12.5 Å². The molecule has 3 rings (SSSR count). The molecule has 0 spiro atoms. The van der Waals surface area contributed by atoms with Crippen molar-refractivity contribution in [3.63, 3.8) is 0 Å². The normalized spacial score (nSPS) is 11.7. The van der Waals surface area contributed by atoms with Crippen LogP contribution >= 0.6 is 23.1 Å². The summed E-state index contributed by atoms with van der Waals surface area (Å²) in [6.45, 7) is 2.36. The molecule has 0 bridgehead atoms. The van der Waals surface area contributed by atoms with Crippen LogP contribution in [0.3, 0.4) is 0 Å². The van der Waals surface area contributed by atoms with E-state index in [1.165, 1.54) is 23.1 Å². The lowest BCUT2D eigenvalue weighted by Crippen LogP contribution is -2.22. The SMILES string of the molecule is C[C@H](Sc1nncs1)C(=O)Nc1ccc(OCc2ccccc2)cc1. The average Bonchev–Trinajstić information content (AvgIpc) is 3.15. The summed E-state index contributed by atoms with van der Waals surface area (Å²) in [5.41, 5.74) is 3.50. The highest BCUT2D eigenvalue weighted by atomic mass is 32.2. The molecule has 1 N–H and O–H groups in total. The summed E-state index contributed by atoms with van der Waals surface area (Å²) in [5.74, 6) is 0.691. The van der Waals surface area contributed by atoms with Crippen LogP contribution < -0.4 is 10.1 Å². The third kappa shape index (κ3) is 5.30. The second-order valence-corrected chi connectivity index (χ2v) is 7.67. The van der Waals surface area contributed by atoms with E-state index in [2.05, 4.69) is 15.5 Å². The first-order valence-electron chi connectivity index (χ1n) is 7.71. The van der Waals surface area contributed by atoms with Gasteiger partial charge in [0.05, 0.1) is 5.25 Å². The fourth-order valence-corrected chi connectivity index (χ4v) is 3.66. The molecule has 0 aliphatic rings. The number of hydrogen-bond acceptors (Lipinski definition) is 6. The Morgan fingerprint density at radius 1 is 1.20 bits per heavy atom. The fourth-order valence-electron chi connectivity index (χ4n) is 2.04. The summed E-state index contributed by atoms with van der Waals surface area (Å²) in [5, 5.41) is 10.4. The van der Waals surface area contributed by atoms with Gasteiger partial charge in [-0.3, -0.25) is 4.79 Å². The van der Waals surface area contributed by atoms with Gasteiger partial charge in [-0.15, -0.1) is 10.2 Å². The Morgan fingerprint density at radius 3 is 2.64 bits per heavy atom. The Labute approximate surface area is 154 Å². The molecule has 0 saturated carbocycles. The van der Waals surface area contributed by atoms with E-state index in [1.807, 2.05) is 61.5 Å². The largest absolute Gasteiger partial charge is 0.489 e. The number of anilines is 1. The van der Waals surface area contributed by atoms with Crippen LogP contribution in [0.25, 0.3) is 0 Å². The summed E-state index contributed by atoms with van der Waals surface area (Å²) in [7, 11) is 0. The molecule has 0 fully saturated rings. The Kier molecular flexibility index (Phi) is 6.03. The summed E-state index contributed by atoms with van der Waals surface area (Å²) < 4.78 is 6.52. The maximum atomic E-state index is 12.2. The number of ether oxygens (including phenoxy) is 1. The number of carbonyl (C=O) groups is 1. The van der Waals surface area contributed by atoms with E-state index < -0.39 is 0 Å². The zero-order valence-electron chi connectivity index (χ0n) is 13.6. The number of benzene rings is 2. The van der Waals surface area contributed by atoms with Gasteiger partial charge in [-0.25, -0.2) is 0 Å². The molecule has 0 radical (unpaired) electrons. The molecule has 0 saturated heterocycles. The third-order valence-electron chi connectivity index (χ3n) is 3.36. The molecule has 1 amide bonds. The van der Waals surface area contributed by atoms with E-state index in [-0.39, 0.29) is 11.2 Å². The molecule has 25 heavy (non-hydrogen) atoms. The van der Waals surface area contributed by atoms with Gasteiger partial charge in [-0.2, -0.15) is 0 Å². The predicted molar refractivity (Wildman–Crippen MR) is 101 cm³/mol. The van der Waals surface area contributed by atoms with Crippen LogP contribution in [0.15, 0.2) is 64.4 Å². The van der Waals surface area contributed by atoms with Crippen molar-refractivity contribution in [3.8, 4) is 5.75 Å². The fraction of sp³-hybridized carbons (Fsp3) is 0.167. The number of nitrogens with zero attached hydrogens (tertiary/aromatic N) is 2. The van der Waals surface area contributed by atoms with Crippen LogP contribution in [0, 0.1) is 0 Å². The zero-order chi connectivity index (χ0) is 17.5. The van der Waals surface area contributed by atoms with Crippen LogP contribution in [-0.2, 0) is 11.4 Å². The van der Waals surface area contributed by atoms with Gasteiger partial charge in [0.1, 0.15) is 17.9 Å². The Bertz CT molecular complexity index is 793. The number of aromatic nitrogens is 2. The highest BCUT2D eigenvalue weighted by molar-refractivity contribution is 8.02. The first-order chi connectivity index (χ1) is 12.2. The second-order valence-electron chi connectivity index (χ2n) is 5.25. The topological polar surface area (TPSA) is 64.1 Å². The monoisotopic (exact) mass is 371 g/mol. The van der Waals surface area contributed by atoms with Gasteiger partial charge < -0.3 is 10.1 Å². The Morgan fingerprint density at radius 2 is 1.96 bits per heavy atom. The van der Waals surface area contributed by atoms with Crippen molar-refractivity contribution < 1.29 is 9.53 Å². The van der Waals surface area contributed by atoms with Crippen molar-refractivity contribution >= 4 is 34.7 Å². The number of nitrogens with one attached hydrogen (secondary N) is 1. The molecule has 1 heterocycles. The number of thioether (sulfide) groups is 1. The van der Waals surface area contributed by atoms with Crippen molar-refractivity contribution in [2.45, 2.75) is 23.1 Å². The van der Waals surface area contributed by atoms with Gasteiger partial charge in [0.15, 0.2) is 4.34 Å². The molecule has 5 nitrogen and oxygen atoms in total. The van der Waals surface area contributed by atoms with Gasteiger partial charge in [-0.05, 0) is 36.8 Å². The van der Waals surface area contributed by atoms with Gasteiger partial charge in [-0.1, -0.05) is 53.4 Å². The minimum absolute atomic E-state index is 0.0712. The number of rotatable bonds is 7. The smallest absolute Gasteiger partial charge is 0.237 e. The van der Waals surface area contributed by atoms with Gasteiger partial charge >= 0.3 is 0 Å². The van der Waals surface area contributed by atoms with Crippen LogP contribution in [0.2, 0.25) is 0 Å². The lowest BCUT2D eigenvalue weighted by Gasteiger charge is -2.11. The molecule has 0 aliphatic heterocycles. The first-order valence-corrected chi connectivity index (χ1v) is 9.47. The third-order valence-corrected chi connectivity index (χ3v) is 5.27. The van der Waals surface area contributed by atoms with E-state index in [4.69, 9.17) is 4.74 Å². The number of hydrogen-bond donors (Lipinski definition) is 1. The molecular formula is C18H17N3O2S2. The van der Waals surface area contributed by atoms with E-state index >= 15 is 0 Å². The summed E-state index contributed by atoms with van der Waals surface area (Å²) >= 11 is 2.82. The average molecular weight is 371 g/mol. The van der Waals surface area contributed by atoms with Crippen LogP contribution in [0.5, 0.6) is 5.75 Å². The first kappa shape index (κ1) is 17.4. The van der Waals surface area contributed by atoms with Crippen molar-refractivity contribution in [2.75, 3.05) is 5.32 Å². The second kappa shape index (κ2) is 8.64. The summed E-state index contributed by atoms with van der Waals surface area (Å²) in [6.07, 6.45) is 0. The van der Waals surface area contributed by atoms with E-state index in [1.54, 1.807) is 5.51 Å². The summed E-state index contributed by atoms with van der Waals surface area (Å²) in [4.78, 5) is 12.2. The van der Waals surface area contributed by atoms with Crippen LogP contribution in [-0.4, -0.2) is 21.4 Å². The van der Waals surface area contributed by atoms with Gasteiger partial charge in [0.2, 0.25) is 5.91 Å². The van der Waals surface area contributed by atoms with E-state index in [0.29, 0.717) is 6.61 Å². The van der Waals surface area contributed by atoms with Crippen molar-refractivity contribution in [2.24, 2.45) is 0 Å². The lowest BCUT2D eigenvalue weighted by atomic mass is 10.2. The Balaban J connectivity index is 1.50. The van der Waals surface area contributed by atoms with Crippen molar-refractivity contribution in [3.05, 3.63) is 65.7 Å². The molecule has 7 heteroatoms. The van der Waals surface area contributed by atoms with Crippen molar-refractivity contribution in [1.29, 1.82) is 0 Å². The molecule has 3 aromatic rings. The maximum Gasteiger partial charge on any atom is 0.237 e. The van der Waals surface area contributed by atoms with E-state index in [0.717, 1.165) is 21.3 Å². The van der Waals surface area contributed by atoms with E-state index in [9.17, 15) is 4.79 Å². The molecule has 1 atom stereocenters. The molecule has 2 aromatic carbocycles. The zero-order valence-corrected chi connectivity index (χ0v) is 15.2.